The number of nitrogens with one attached hydrogen (secondary N) is 1. The molecule has 0 spiro atoms. The number of morpholine rings is 1. The predicted molar refractivity (Wildman–Crippen MR) is 110 cm³/mol. The van der Waals surface area contributed by atoms with Crippen molar-refractivity contribution in [2.75, 3.05) is 39.4 Å². The first-order valence-electron chi connectivity index (χ1n) is 10.4. The molecule has 1 aromatic heterocycles. The van der Waals surface area contributed by atoms with Gasteiger partial charge in [-0.05, 0) is 50.8 Å². The summed E-state index contributed by atoms with van der Waals surface area (Å²) in [5.41, 5.74) is 2.97. The van der Waals surface area contributed by atoms with Gasteiger partial charge in [-0.15, -0.1) is 0 Å². The van der Waals surface area contributed by atoms with Gasteiger partial charge in [0.2, 0.25) is 0 Å². The maximum absolute atomic E-state index is 12.4. The Balaban J connectivity index is 1.42. The zero-order valence-corrected chi connectivity index (χ0v) is 17.1. The lowest BCUT2D eigenvalue weighted by molar-refractivity contribution is -0.127. The van der Waals surface area contributed by atoms with Crippen molar-refractivity contribution in [3.63, 3.8) is 0 Å². The minimum atomic E-state index is -0.642. The lowest BCUT2D eigenvalue weighted by Crippen LogP contribution is -2.43. The van der Waals surface area contributed by atoms with Crippen LogP contribution in [0.2, 0.25) is 0 Å². The number of rotatable bonds is 6. The normalized spacial score (nSPS) is 17.9. The maximum Gasteiger partial charge on any atom is 0.339 e. The zero-order chi connectivity index (χ0) is 20.4. The van der Waals surface area contributed by atoms with E-state index in [9.17, 15) is 9.59 Å². The van der Waals surface area contributed by atoms with Gasteiger partial charge in [0.05, 0.1) is 13.2 Å². The number of hydrogen-bond acceptors (Lipinski definition) is 6. The van der Waals surface area contributed by atoms with E-state index in [1.54, 1.807) is 6.92 Å². The van der Waals surface area contributed by atoms with Gasteiger partial charge in [0.1, 0.15) is 11.3 Å². The topological polar surface area (TPSA) is 81.0 Å². The highest BCUT2D eigenvalue weighted by molar-refractivity contribution is 5.86. The minimum absolute atomic E-state index is 0.159. The van der Waals surface area contributed by atoms with Gasteiger partial charge in [0.25, 0.3) is 5.91 Å². The summed E-state index contributed by atoms with van der Waals surface area (Å²) >= 11 is 0. The van der Waals surface area contributed by atoms with E-state index in [-0.39, 0.29) is 11.5 Å². The SMILES string of the molecule is Cc1c(OC(C)C(=O)NCCN2CCOCC2)ccc2c3c(c(=O)oc12)CCC3. The molecule has 1 aliphatic heterocycles. The van der Waals surface area contributed by atoms with Crippen LogP contribution < -0.4 is 15.7 Å². The summed E-state index contributed by atoms with van der Waals surface area (Å²) in [5.74, 6) is 0.405. The average molecular weight is 400 g/mol. The van der Waals surface area contributed by atoms with Crippen molar-refractivity contribution in [3.05, 3.63) is 39.2 Å². The van der Waals surface area contributed by atoms with Crippen LogP contribution >= 0.6 is 0 Å². The van der Waals surface area contributed by atoms with Crippen LogP contribution in [0.15, 0.2) is 21.3 Å². The van der Waals surface area contributed by atoms with E-state index >= 15 is 0 Å². The average Bonchev–Trinajstić information content (AvgIpc) is 3.22. The predicted octanol–water partition coefficient (Wildman–Crippen LogP) is 1.81. The first-order chi connectivity index (χ1) is 14.0. The van der Waals surface area contributed by atoms with Crippen LogP contribution in [0.1, 0.15) is 30.0 Å². The lowest BCUT2D eigenvalue weighted by atomic mass is 10.0. The minimum Gasteiger partial charge on any atom is -0.480 e. The summed E-state index contributed by atoms with van der Waals surface area (Å²) in [5, 5.41) is 3.91. The van der Waals surface area contributed by atoms with Crippen LogP contribution in [0.3, 0.4) is 0 Å². The van der Waals surface area contributed by atoms with E-state index < -0.39 is 6.10 Å². The smallest absolute Gasteiger partial charge is 0.339 e. The molecular formula is C22H28N2O5. The number of ether oxygens (including phenoxy) is 2. The fraction of sp³-hybridized carbons (Fsp3) is 0.545. The Morgan fingerprint density at radius 3 is 2.79 bits per heavy atom. The Kier molecular flexibility index (Phi) is 5.87. The molecule has 1 aromatic carbocycles. The number of benzene rings is 1. The van der Waals surface area contributed by atoms with E-state index in [1.807, 2.05) is 19.1 Å². The molecule has 1 N–H and O–H groups in total. The van der Waals surface area contributed by atoms with Crippen molar-refractivity contribution in [1.82, 2.24) is 10.2 Å². The number of carbonyl (C=O) groups is 1. The van der Waals surface area contributed by atoms with Gasteiger partial charge in [-0.25, -0.2) is 4.79 Å². The molecule has 2 aliphatic rings. The molecule has 1 saturated heterocycles. The Hall–Kier alpha value is -2.38. The summed E-state index contributed by atoms with van der Waals surface area (Å²) in [4.78, 5) is 27.0. The van der Waals surface area contributed by atoms with Gasteiger partial charge in [0, 0.05) is 42.7 Å². The molecule has 1 unspecified atom stereocenters. The van der Waals surface area contributed by atoms with E-state index in [0.717, 1.165) is 74.2 Å². The van der Waals surface area contributed by atoms with E-state index in [0.29, 0.717) is 17.9 Å². The van der Waals surface area contributed by atoms with E-state index in [2.05, 4.69) is 10.2 Å². The summed E-state index contributed by atoms with van der Waals surface area (Å²) in [6, 6.07) is 3.81. The monoisotopic (exact) mass is 400 g/mol. The molecule has 0 bridgehead atoms. The molecule has 29 heavy (non-hydrogen) atoms. The number of fused-ring (bicyclic) bond motifs is 3. The highest BCUT2D eigenvalue weighted by Gasteiger charge is 2.22. The van der Waals surface area contributed by atoms with Crippen LogP contribution in [-0.2, 0) is 22.4 Å². The second-order valence-corrected chi connectivity index (χ2v) is 7.77. The maximum atomic E-state index is 12.4. The Labute approximate surface area is 170 Å². The van der Waals surface area contributed by atoms with Gasteiger partial charge < -0.3 is 19.2 Å². The number of hydrogen-bond donors (Lipinski definition) is 1. The number of carbonyl (C=O) groups excluding carboxylic acids is 1. The van der Waals surface area contributed by atoms with Crippen molar-refractivity contribution in [3.8, 4) is 5.75 Å². The van der Waals surface area contributed by atoms with E-state index in [1.165, 1.54) is 0 Å². The summed E-state index contributed by atoms with van der Waals surface area (Å²) in [6.45, 7) is 8.25. The van der Waals surface area contributed by atoms with Crippen LogP contribution in [0.25, 0.3) is 11.0 Å². The first-order valence-corrected chi connectivity index (χ1v) is 10.4. The van der Waals surface area contributed by atoms with Crippen LogP contribution in [0, 0.1) is 6.92 Å². The third-order valence-corrected chi connectivity index (χ3v) is 5.84. The van der Waals surface area contributed by atoms with Gasteiger partial charge in [0.15, 0.2) is 6.10 Å². The van der Waals surface area contributed by atoms with Crippen molar-refractivity contribution >= 4 is 16.9 Å². The van der Waals surface area contributed by atoms with Gasteiger partial charge in [-0.1, -0.05) is 0 Å². The largest absolute Gasteiger partial charge is 0.480 e. The molecule has 2 heterocycles. The van der Waals surface area contributed by atoms with Crippen molar-refractivity contribution in [2.24, 2.45) is 0 Å². The van der Waals surface area contributed by atoms with Gasteiger partial charge in [-0.3, -0.25) is 9.69 Å². The van der Waals surface area contributed by atoms with Crippen LogP contribution in [-0.4, -0.2) is 56.3 Å². The number of nitrogens with zero attached hydrogens (tertiary/aromatic N) is 1. The molecule has 7 nitrogen and oxygen atoms in total. The van der Waals surface area contributed by atoms with Crippen molar-refractivity contribution < 1.29 is 18.7 Å². The molecule has 1 atom stereocenters. The second kappa shape index (κ2) is 8.55. The fourth-order valence-corrected chi connectivity index (χ4v) is 4.14. The van der Waals surface area contributed by atoms with Gasteiger partial charge >= 0.3 is 5.63 Å². The molecule has 1 fully saturated rings. The third kappa shape index (κ3) is 4.16. The highest BCUT2D eigenvalue weighted by Crippen LogP contribution is 2.33. The Morgan fingerprint density at radius 1 is 1.24 bits per heavy atom. The summed E-state index contributed by atoms with van der Waals surface area (Å²) in [7, 11) is 0. The van der Waals surface area contributed by atoms with E-state index in [4.69, 9.17) is 13.9 Å². The Bertz CT molecular complexity index is 962. The molecule has 7 heteroatoms. The Morgan fingerprint density at radius 2 is 2.00 bits per heavy atom. The first kappa shape index (κ1) is 19.9. The molecule has 1 aliphatic carbocycles. The molecule has 2 aromatic rings. The molecule has 0 radical (unpaired) electrons. The van der Waals surface area contributed by atoms with Gasteiger partial charge in [-0.2, -0.15) is 0 Å². The molecule has 1 amide bonds. The zero-order valence-electron chi connectivity index (χ0n) is 17.1. The molecule has 4 rings (SSSR count). The molecular weight excluding hydrogens is 372 g/mol. The highest BCUT2D eigenvalue weighted by atomic mass is 16.5. The molecule has 156 valence electrons. The summed E-state index contributed by atoms with van der Waals surface area (Å²) in [6.07, 6.45) is 2.03. The quantitative estimate of drug-likeness (QED) is 0.745. The lowest BCUT2D eigenvalue weighted by Gasteiger charge is -2.26. The van der Waals surface area contributed by atoms with Crippen LogP contribution in [0.5, 0.6) is 5.75 Å². The summed E-state index contributed by atoms with van der Waals surface area (Å²) < 4.78 is 16.8. The third-order valence-electron chi connectivity index (χ3n) is 5.84. The van der Waals surface area contributed by atoms with Crippen molar-refractivity contribution in [1.29, 1.82) is 0 Å². The second-order valence-electron chi connectivity index (χ2n) is 7.77. The van der Waals surface area contributed by atoms with Crippen LogP contribution in [0.4, 0.5) is 0 Å². The fourth-order valence-electron chi connectivity index (χ4n) is 4.14. The molecule has 0 saturated carbocycles. The standard InChI is InChI=1S/C22H28N2O5/c1-14-19(7-6-17-16-4-3-5-18(16)22(26)29-20(14)17)28-15(2)21(25)23-8-9-24-10-12-27-13-11-24/h6-7,15H,3-5,8-13H2,1-2H3,(H,23,25). The number of amides is 1. The van der Waals surface area contributed by atoms with Crippen molar-refractivity contribution in [2.45, 2.75) is 39.2 Å². The number of aryl methyl sites for hydroxylation is 2.